The number of carbonyl (C=O) groups excluding carboxylic acids is 1. The molecule has 0 saturated heterocycles. The Morgan fingerprint density at radius 2 is 2.09 bits per heavy atom. The van der Waals surface area contributed by atoms with Crippen molar-refractivity contribution in [3.63, 3.8) is 0 Å². The van der Waals surface area contributed by atoms with Crippen molar-refractivity contribution in [3.05, 3.63) is 36.0 Å². The van der Waals surface area contributed by atoms with Crippen LogP contribution in [-0.4, -0.2) is 17.6 Å². The molecule has 3 rings (SSSR count). The second kappa shape index (κ2) is 6.23. The highest BCUT2D eigenvalue weighted by Crippen LogP contribution is 2.31. The fraction of sp³-hybridized carbons (Fsp3) is 0.444. The first-order chi connectivity index (χ1) is 10.7. The number of carbonyl (C=O) groups is 1. The number of methoxy groups -OCH3 is 1. The van der Waals surface area contributed by atoms with Gasteiger partial charge in [-0.2, -0.15) is 5.26 Å². The Hall–Kier alpha value is -2.28. The Morgan fingerprint density at radius 1 is 1.32 bits per heavy atom. The summed E-state index contributed by atoms with van der Waals surface area (Å²) in [7, 11) is 1.47. The molecule has 0 amide bonds. The summed E-state index contributed by atoms with van der Waals surface area (Å²) in [5, 5.41) is 10.2. The minimum atomic E-state index is -0.0662. The standard InChI is InChI=1S/C18H20N2O2/c1-22-18(21)16-6-2-13(3-7-16)12-20-9-8-15-5-4-14(11-19)10-17(15)20/h4-5,8-10,13,16H,2-3,6-7,12H2,1H3/t13-,16-. The van der Waals surface area contributed by atoms with Gasteiger partial charge >= 0.3 is 5.97 Å². The van der Waals surface area contributed by atoms with Crippen LogP contribution >= 0.6 is 0 Å². The highest BCUT2D eigenvalue weighted by Gasteiger charge is 2.27. The SMILES string of the molecule is COC(=O)[C@H]1CC[C@H](Cn2ccc3ccc(C#N)cc32)CC1. The Labute approximate surface area is 130 Å². The van der Waals surface area contributed by atoms with Crippen molar-refractivity contribution in [1.29, 1.82) is 5.26 Å². The fourth-order valence-corrected chi connectivity index (χ4v) is 3.44. The second-order valence-electron chi connectivity index (χ2n) is 6.09. The van der Waals surface area contributed by atoms with Crippen molar-refractivity contribution < 1.29 is 9.53 Å². The number of ether oxygens (including phenoxy) is 1. The van der Waals surface area contributed by atoms with Gasteiger partial charge in [-0.05, 0) is 55.2 Å². The maximum Gasteiger partial charge on any atom is 0.308 e. The molecule has 1 aliphatic carbocycles. The van der Waals surface area contributed by atoms with E-state index in [9.17, 15) is 4.79 Å². The topological polar surface area (TPSA) is 55.0 Å². The summed E-state index contributed by atoms with van der Waals surface area (Å²) >= 11 is 0. The Bertz CT molecular complexity index is 718. The predicted molar refractivity (Wildman–Crippen MR) is 84.1 cm³/mol. The number of hydrogen-bond donors (Lipinski definition) is 0. The van der Waals surface area contributed by atoms with E-state index < -0.39 is 0 Å². The number of esters is 1. The molecule has 0 N–H and O–H groups in total. The van der Waals surface area contributed by atoms with Gasteiger partial charge in [0.05, 0.1) is 24.7 Å². The van der Waals surface area contributed by atoms with Crippen molar-refractivity contribution in [2.75, 3.05) is 7.11 Å². The normalized spacial score (nSPS) is 21.5. The van der Waals surface area contributed by atoms with Gasteiger partial charge in [-0.1, -0.05) is 6.07 Å². The molecule has 0 atom stereocenters. The lowest BCUT2D eigenvalue weighted by atomic mass is 9.82. The maximum absolute atomic E-state index is 11.6. The molecule has 1 aromatic carbocycles. The Balaban J connectivity index is 1.70. The zero-order valence-corrected chi connectivity index (χ0v) is 12.8. The molecular formula is C18H20N2O2. The molecule has 0 spiro atoms. The smallest absolute Gasteiger partial charge is 0.308 e. The van der Waals surface area contributed by atoms with Gasteiger partial charge in [0, 0.05) is 18.3 Å². The van der Waals surface area contributed by atoms with Crippen LogP contribution in [0.25, 0.3) is 10.9 Å². The molecule has 1 saturated carbocycles. The van der Waals surface area contributed by atoms with E-state index in [0.29, 0.717) is 11.5 Å². The lowest BCUT2D eigenvalue weighted by Crippen LogP contribution is -2.24. The van der Waals surface area contributed by atoms with Crippen molar-refractivity contribution >= 4 is 16.9 Å². The van der Waals surface area contributed by atoms with Crippen LogP contribution in [0.5, 0.6) is 0 Å². The molecule has 4 nitrogen and oxygen atoms in total. The zero-order chi connectivity index (χ0) is 15.5. The van der Waals surface area contributed by atoms with Crippen molar-refractivity contribution in [2.45, 2.75) is 32.2 Å². The summed E-state index contributed by atoms with van der Waals surface area (Å²) in [4.78, 5) is 11.6. The molecule has 0 radical (unpaired) electrons. The van der Waals surface area contributed by atoms with E-state index in [0.717, 1.165) is 37.7 Å². The van der Waals surface area contributed by atoms with Gasteiger partial charge in [-0.15, -0.1) is 0 Å². The van der Waals surface area contributed by atoms with Gasteiger partial charge in [0.15, 0.2) is 0 Å². The van der Waals surface area contributed by atoms with E-state index in [-0.39, 0.29) is 11.9 Å². The van der Waals surface area contributed by atoms with Gasteiger partial charge in [-0.25, -0.2) is 0 Å². The molecule has 1 heterocycles. The highest BCUT2D eigenvalue weighted by molar-refractivity contribution is 5.81. The van der Waals surface area contributed by atoms with Crippen LogP contribution in [0.4, 0.5) is 0 Å². The molecule has 0 bridgehead atoms. The third-order valence-electron chi connectivity index (χ3n) is 4.74. The van der Waals surface area contributed by atoms with E-state index in [1.165, 1.54) is 12.5 Å². The van der Waals surface area contributed by atoms with Crippen LogP contribution in [0.3, 0.4) is 0 Å². The van der Waals surface area contributed by atoms with E-state index >= 15 is 0 Å². The van der Waals surface area contributed by atoms with Crippen LogP contribution in [0.15, 0.2) is 30.5 Å². The molecule has 1 aromatic heterocycles. The van der Waals surface area contributed by atoms with Crippen molar-refractivity contribution in [2.24, 2.45) is 11.8 Å². The molecule has 1 aliphatic rings. The first-order valence-corrected chi connectivity index (χ1v) is 7.78. The van der Waals surface area contributed by atoms with E-state index in [1.54, 1.807) is 0 Å². The Kier molecular flexibility index (Phi) is 4.15. The quantitative estimate of drug-likeness (QED) is 0.815. The Morgan fingerprint density at radius 3 is 2.77 bits per heavy atom. The number of fused-ring (bicyclic) bond motifs is 1. The van der Waals surface area contributed by atoms with Gasteiger partial charge in [0.1, 0.15) is 0 Å². The summed E-state index contributed by atoms with van der Waals surface area (Å²) < 4.78 is 7.07. The van der Waals surface area contributed by atoms with Crippen LogP contribution in [0.1, 0.15) is 31.2 Å². The van der Waals surface area contributed by atoms with Crippen LogP contribution in [-0.2, 0) is 16.1 Å². The van der Waals surface area contributed by atoms with E-state index in [2.05, 4.69) is 22.9 Å². The maximum atomic E-state index is 11.6. The molecule has 114 valence electrons. The first kappa shape index (κ1) is 14.6. The van der Waals surface area contributed by atoms with Crippen molar-refractivity contribution in [1.82, 2.24) is 4.57 Å². The average molecular weight is 296 g/mol. The number of rotatable bonds is 3. The minimum Gasteiger partial charge on any atom is -0.469 e. The monoisotopic (exact) mass is 296 g/mol. The molecule has 1 fully saturated rings. The van der Waals surface area contributed by atoms with E-state index in [4.69, 9.17) is 10.00 Å². The molecule has 2 aromatic rings. The zero-order valence-electron chi connectivity index (χ0n) is 12.8. The number of benzene rings is 1. The van der Waals surface area contributed by atoms with Gasteiger partial charge in [0.2, 0.25) is 0 Å². The average Bonchev–Trinajstić information content (AvgIpc) is 2.97. The summed E-state index contributed by atoms with van der Waals surface area (Å²) in [6.45, 7) is 0.951. The van der Waals surface area contributed by atoms with E-state index in [1.807, 2.05) is 18.2 Å². The van der Waals surface area contributed by atoms with Crippen LogP contribution in [0.2, 0.25) is 0 Å². The predicted octanol–water partition coefficient (Wildman–Crippen LogP) is 3.49. The number of aromatic nitrogens is 1. The largest absolute Gasteiger partial charge is 0.469 e. The third kappa shape index (κ3) is 2.85. The lowest BCUT2D eigenvalue weighted by Gasteiger charge is -2.27. The summed E-state index contributed by atoms with van der Waals surface area (Å²) in [5.74, 6) is 0.596. The second-order valence-corrected chi connectivity index (χ2v) is 6.09. The highest BCUT2D eigenvalue weighted by atomic mass is 16.5. The molecule has 4 heteroatoms. The van der Waals surface area contributed by atoms with Gasteiger partial charge < -0.3 is 9.30 Å². The molecule has 22 heavy (non-hydrogen) atoms. The summed E-state index contributed by atoms with van der Waals surface area (Å²) in [6, 6.07) is 10.1. The summed E-state index contributed by atoms with van der Waals surface area (Å²) in [6.07, 6.45) is 6.03. The lowest BCUT2D eigenvalue weighted by molar-refractivity contribution is -0.146. The number of nitriles is 1. The number of nitrogens with zero attached hydrogens (tertiary/aromatic N) is 2. The first-order valence-electron chi connectivity index (χ1n) is 7.78. The van der Waals surface area contributed by atoms with Gasteiger partial charge in [0.25, 0.3) is 0 Å². The molecule has 0 unspecified atom stereocenters. The van der Waals surface area contributed by atoms with Crippen LogP contribution < -0.4 is 0 Å². The minimum absolute atomic E-state index is 0.0662. The van der Waals surface area contributed by atoms with Gasteiger partial charge in [-0.3, -0.25) is 4.79 Å². The molecular weight excluding hydrogens is 276 g/mol. The summed E-state index contributed by atoms with van der Waals surface area (Å²) in [5.41, 5.74) is 1.82. The fourth-order valence-electron chi connectivity index (χ4n) is 3.44. The molecule has 0 aliphatic heterocycles. The third-order valence-corrected chi connectivity index (χ3v) is 4.74. The van der Waals surface area contributed by atoms with Crippen LogP contribution in [0, 0.1) is 23.2 Å². The number of hydrogen-bond acceptors (Lipinski definition) is 3. The van der Waals surface area contributed by atoms with Crippen molar-refractivity contribution in [3.8, 4) is 6.07 Å².